The zero-order chi connectivity index (χ0) is 15.4. The minimum Gasteiger partial charge on any atom is -0.478 e. The predicted octanol–water partition coefficient (Wildman–Crippen LogP) is 0.968. The summed E-state index contributed by atoms with van der Waals surface area (Å²) in [6.07, 6.45) is 3.14. The molecule has 1 amide bonds. The normalized spacial score (nSPS) is 17.9. The Morgan fingerprint density at radius 1 is 1.48 bits per heavy atom. The molecule has 1 atom stereocenters. The number of nitrogens with two attached hydrogens (primary N) is 1. The fraction of sp³-hybridized carbons (Fsp3) is 0.267. The molecule has 1 aromatic rings. The van der Waals surface area contributed by atoms with Crippen molar-refractivity contribution in [2.75, 3.05) is 18.0 Å². The molecule has 1 saturated heterocycles. The van der Waals surface area contributed by atoms with Gasteiger partial charge < -0.3 is 15.7 Å². The van der Waals surface area contributed by atoms with Gasteiger partial charge in [0.2, 0.25) is 5.91 Å². The van der Waals surface area contributed by atoms with Crippen LogP contribution in [0.1, 0.15) is 17.5 Å². The number of amides is 1. The van der Waals surface area contributed by atoms with E-state index in [1.54, 1.807) is 18.2 Å². The number of carbonyl (C=O) groups excluding carboxylic acids is 1. The number of nitrogens with zero attached hydrogens (tertiary/aromatic N) is 2. The van der Waals surface area contributed by atoms with E-state index in [0.29, 0.717) is 30.6 Å². The van der Waals surface area contributed by atoms with Crippen LogP contribution >= 0.6 is 0 Å². The summed E-state index contributed by atoms with van der Waals surface area (Å²) in [5.74, 6) is -1.55. The largest absolute Gasteiger partial charge is 0.478 e. The Labute approximate surface area is 122 Å². The molecule has 1 aromatic carbocycles. The van der Waals surface area contributed by atoms with Crippen LogP contribution in [0.2, 0.25) is 0 Å². The first-order valence-corrected chi connectivity index (χ1v) is 6.50. The summed E-state index contributed by atoms with van der Waals surface area (Å²) in [5.41, 5.74) is 7.14. The second-order valence-electron chi connectivity index (χ2n) is 4.89. The van der Waals surface area contributed by atoms with Crippen molar-refractivity contribution in [2.24, 2.45) is 11.7 Å². The lowest BCUT2D eigenvalue weighted by atomic mass is 10.1. The van der Waals surface area contributed by atoms with Gasteiger partial charge in [-0.1, -0.05) is 6.07 Å². The number of anilines is 1. The Hall–Kier alpha value is -2.81. The molecule has 3 N–H and O–H groups in total. The van der Waals surface area contributed by atoms with E-state index in [0.717, 1.165) is 11.8 Å². The number of carbonyl (C=O) groups is 2. The molecule has 1 heterocycles. The van der Waals surface area contributed by atoms with Crippen LogP contribution in [0.4, 0.5) is 5.69 Å². The van der Waals surface area contributed by atoms with Gasteiger partial charge in [-0.3, -0.25) is 4.79 Å². The Kier molecular flexibility index (Phi) is 4.24. The number of aliphatic carboxylic acids is 1. The molecule has 0 aromatic heterocycles. The molecule has 6 heteroatoms. The van der Waals surface area contributed by atoms with E-state index >= 15 is 0 Å². The molecular formula is C15H15N3O3. The highest BCUT2D eigenvalue weighted by molar-refractivity contribution is 5.85. The van der Waals surface area contributed by atoms with E-state index in [-0.39, 0.29) is 11.8 Å². The lowest BCUT2D eigenvalue weighted by Crippen LogP contribution is -2.27. The van der Waals surface area contributed by atoms with Gasteiger partial charge in [0.1, 0.15) is 6.07 Å². The zero-order valence-corrected chi connectivity index (χ0v) is 11.3. The Morgan fingerprint density at radius 3 is 2.81 bits per heavy atom. The first-order chi connectivity index (χ1) is 10.0. The molecule has 1 unspecified atom stereocenters. The van der Waals surface area contributed by atoms with Crippen molar-refractivity contribution in [1.82, 2.24) is 0 Å². The second kappa shape index (κ2) is 6.09. The molecule has 6 nitrogen and oxygen atoms in total. The average Bonchev–Trinajstić information content (AvgIpc) is 2.94. The van der Waals surface area contributed by atoms with Crippen molar-refractivity contribution in [3.05, 3.63) is 35.4 Å². The molecule has 0 bridgehead atoms. The summed E-state index contributed by atoms with van der Waals surface area (Å²) in [5, 5.41) is 17.9. The Morgan fingerprint density at radius 2 is 2.24 bits per heavy atom. The number of rotatable bonds is 4. The maximum atomic E-state index is 11.2. The lowest BCUT2D eigenvalue weighted by Gasteiger charge is -2.19. The van der Waals surface area contributed by atoms with Crippen LogP contribution in [0.3, 0.4) is 0 Å². The number of primary amides is 1. The number of hydrogen-bond acceptors (Lipinski definition) is 4. The molecule has 108 valence electrons. The van der Waals surface area contributed by atoms with Crippen molar-refractivity contribution in [1.29, 1.82) is 5.26 Å². The SMILES string of the molecule is N#Cc1cc(/C=C/C(=O)O)ccc1N1CCC(C(N)=O)C1. The molecule has 0 spiro atoms. The lowest BCUT2D eigenvalue weighted by molar-refractivity contribution is -0.131. The van der Waals surface area contributed by atoms with Crippen molar-refractivity contribution in [3.63, 3.8) is 0 Å². The topological polar surface area (TPSA) is 107 Å². The van der Waals surface area contributed by atoms with Crippen LogP contribution in [0, 0.1) is 17.2 Å². The third-order valence-electron chi connectivity index (χ3n) is 3.49. The fourth-order valence-corrected chi connectivity index (χ4v) is 2.40. The summed E-state index contributed by atoms with van der Waals surface area (Å²) in [6, 6.07) is 7.25. The highest BCUT2D eigenvalue weighted by Crippen LogP contribution is 2.27. The van der Waals surface area contributed by atoms with Crippen molar-refractivity contribution >= 4 is 23.6 Å². The quantitative estimate of drug-likeness (QED) is 0.801. The molecule has 0 radical (unpaired) electrons. The van der Waals surface area contributed by atoms with E-state index < -0.39 is 5.97 Å². The fourth-order valence-electron chi connectivity index (χ4n) is 2.40. The van der Waals surface area contributed by atoms with Crippen molar-refractivity contribution in [2.45, 2.75) is 6.42 Å². The summed E-state index contributed by atoms with van der Waals surface area (Å²) in [7, 11) is 0. The van der Waals surface area contributed by atoms with Crippen LogP contribution in [0.5, 0.6) is 0 Å². The Balaban J connectivity index is 2.24. The third kappa shape index (κ3) is 3.39. The first-order valence-electron chi connectivity index (χ1n) is 6.50. The minimum atomic E-state index is -1.04. The monoisotopic (exact) mass is 285 g/mol. The summed E-state index contributed by atoms with van der Waals surface area (Å²) >= 11 is 0. The molecule has 0 aliphatic carbocycles. The number of benzene rings is 1. The number of carboxylic acids is 1. The van der Waals surface area contributed by atoms with Gasteiger partial charge in [-0.25, -0.2) is 4.79 Å². The van der Waals surface area contributed by atoms with Gasteiger partial charge in [-0.2, -0.15) is 5.26 Å². The predicted molar refractivity (Wildman–Crippen MR) is 77.3 cm³/mol. The minimum absolute atomic E-state index is 0.192. The average molecular weight is 285 g/mol. The third-order valence-corrected chi connectivity index (χ3v) is 3.49. The van der Waals surface area contributed by atoms with Crippen molar-refractivity contribution < 1.29 is 14.7 Å². The van der Waals surface area contributed by atoms with Gasteiger partial charge in [-0.15, -0.1) is 0 Å². The number of carboxylic acid groups (broad SMARTS) is 1. The van der Waals surface area contributed by atoms with E-state index in [4.69, 9.17) is 10.8 Å². The Bertz CT molecular complexity index is 646. The van der Waals surface area contributed by atoms with Gasteiger partial charge >= 0.3 is 5.97 Å². The van der Waals surface area contributed by atoms with E-state index in [1.165, 1.54) is 6.08 Å². The highest BCUT2D eigenvalue weighted by Gasteiger charge is 2.27. The second-order valence-corrected chi connectivity index (χ2v) is 4.89. The molecule has 21 heavy (non-hydrogen) atoms. The van der Waals surface area contributed by atoms with Gasteiger partial charge in [0, 0.05) is 19.2 Å². The van der Waals surface area contributed by atoms with Gasteiger partial charge in [-0.05, 0) is 30.2 Å². The van der Waals surface area contributed by atoms with Crippen LogP contribution in [-0.2, 0) is 9.59 Å². The molecule has 1 fully saturated rings. The molecule has 2 rings (SSSR count). The zero-order valence-electron chi connectivity index (χ0n) is 11.3. The maximum Gasteiger partial charge on any atom is 0.328 e. The summed E-state index contributed by atoms with van der Waals surface area (Å²) in [4.78, 5) is 23.7. The molecule has 1 aliphatic rings. The van der Waals surface area contributed by atoms with Crippen LogP contribution in [0.15, 0.2) is 24.3 Å². The van der Waals surface area contributed by atoms with E-state index in [9.17, 15) is 14.9 Å². The van der Waals surface area contributed by atoms with Crippen LogP contribution < -0.4 is 10.6 Å². The van der Waals surface area contributed by atoms with Crippen molar-refractivity contribution in [3.8, 4) is 6.07 Å². The number of hydrogen-bond donors (Lipinski definition) is 2. The standard InChI is InChI=1S/C15H15N3O3/c16-8-12-7-10(2-4-14(19)20)1-3-13(12)18-6-5-11(9-18)15(17)21/h1-4,7,11H,5-6,9H2,(H2,17,21)(H,19,20)/b4-2+. The highest BCUT2D eigenvalue weighted by atomic mass is 16.4. The van der Waals surface area contributed by atoms with Crippen LogP contribution in [0.25, 0.3) is 6.08 Å². The summed E-state index contributed by atoms with van der Waals surface area (Å²) < 4.78 is 0. The first kappa shape index (κ1) is 14.6. The molecular weight excluding hydrogens is 270 g/mol. The van der Waals surface area contributed by atoms with Gasteiger partial charge in [0.25, 0.3) is 0 Å². The maximum absolute atomic E-state index is 11.2. The summed E-state index contributed by atoms with van der Waals surface area (Å²) in [6.45, 7) is 1.18. The molecule has 1 aliphatic heterocycles. The van der Waals surface area contributed by atoms with Crippen LogP contribution in [-0.4, -0.2) is 30.1 Å². The van der Waals surface area contributed by atoms with Gasteiger partial charge in [0.15, 0.2) is 0 Å². The molecule has 0 saturated carbocycles. The smallest absolute Gasteiger partial charge is 0.328 e. The van der Waals surface area contributed by atoms with E-state index in [1.807, 2.05) is 4.90 Å². The number of nitriles is 1. The van der Waals surface area contributed by atoms with Gasteiger partial charge in [0.05, 0.1) is 17.2 Å². The van der Waals surface area contributed by atoms with E-state index in [2.05, 4.69) is 6.07 Å².